The van der Waals surface area contributed by atoms with Gasteiger partial charge >= 0.3 is 0 Å². The molecule has 0 aliphatic carbocycles. The standard InChI is InChI=1S/C16H15ClN4S3/c1-9-10(17)4-3-5-11(9)19-16-21-13(8-23-16)20-15(18)12-6-7-14(22-2)24-12/h3-8H,1-2H3,(H2,18,20)(H,19,21). The summed E-state index contributed by atoms with van der Waals surface area (Å²) in [4.78, 5) is 9.82. The molecule has 4 nitrogen and oxygen atoms in total. The zero-order chi connectivity index (χ0) is 17.1. The molecule has 0 saturated carbocycles. The molecule has 0 fully saturated rings. The van der Waals surface area contributed by atoms with Gasteiger partial charge in [-0.25, -0.2) is 9.98 Å². The Kier molecular flexibility index (Phi) is 5.45. The van der Waals surface area contributed by atoms with Crippen molar-refractivity contribution < 1.29 is 0 Å². The molecule has 0 aliphatic rings. The molecule has 2 heterocycles. The number of hydrogen-bond acceptors (Lipinski definition) is 6. The van der Waals surface area contributed by atoms with Crippen LogP contribution < -0.4 is 11.1 Å². The van der Waals surface area contributed by atoms with Crippen LogP contribution in [-0.4, -0.2) is 17.1 Å². The van der Waals surface area contributed by atoms with Crippen LogP contribution in [0.3, 0.4) is 0 Å². The third-order valence-electron chi connectivity index (χ3n) is 3.27. The summed E-state index contributed by atoms with van der Waals surface area (Å²) in [6, 6.07) is 9.77. The van der Waals surface area contributed by atoms with Crippen molar-refractivity contribution in [3.63, 3.8) is 0 Å². The average Bonchev–Trinajstić information content (AvgIpc) is 3.21. The Morgan fingerprint density at radius 1 is 1.33 bits per heavy atom. The summed E-state index contributed by atoms with van der Waals surface area (Å²) in [6.07, 6.45) is 2.04. The second-order valence-electron chi connectivity index (χ2n) is 4.87. The van der Waals surface area contributed by atoms with Crippen molar-refractivity contribution in [2.45, 2.75) is 11.1 Å². The van der Waals surface area contributed by atoms with E-state index in [0.717, 1.165) is 26.3 Å². The Hall–Kier alpha value is -1.54. The summed E-state index contributed by atoms with van der Waals surface area (Å²) >= 11 is 10.9. The third-order valence-corrected chi connectivity index (χ3v) is 6.62. The highest BCUT2D eigenvalue weighted by molar-refractivity contribution is 8.00. The van der Waals surface area contributed by atoms with E-state index in [0.29, 0.717) is 11.7 Å². The molecular weight excluding hydrogens is 380 g/mol. The average molecular weight is 395 g/mol. The molecule has 0 bridgehead atoms. The SMILES string of the molecule is CSc1ccc(C(N)=Nc2csc(Nc3cccc(Cl)c3C)n2)s1. The number of aromatic nitrogens is 1. The molecule has 0 spiro atoms. The maximum atomic E-state index is 6.14. The lowest BCUT2D eigenvalue weighted by Gasteiger charge is -2.07. The number of hydrogen-bond donors (Lipinski definition) is 2. The number of nitrogens with one attached hydrogen (secondary N) is 1. The van der Waals surface area contributed by atoms with Gasteiger partial charge in [0.25, 0.3) is 0 Å². The number of benzene rings is 1. The monoisotopic (exact) mass is 394 g/mol. The molecule has 3 aromatic rings. The topological polar surface area (TPSA) is 63.3 Å². The largest absolute Gasteiger partial charge is 0.382 e. The first kappa shape index (κ1) is 17.3. The number of anilines is 2. The van der Waals surface area contributed by atoms with Gasteiger partial charge in [0.1, 0.15) is 5.84 Å². The molecule has 0 unspecified atom stereocenters. The van der Waals surface area contributed by atoms with Gasteiger partial charge in [0.05, 0.1) is 9.09 Å². The molecule has 0 aliphatic heterocycles. The summed E-state index contributed by atoms with van der Waals surface area (Å²) in [5.41, 5.74) is 8.00. The number of thiazole rings is 1. The highest BCUT2D eigenvalue weighted by Gasteiger charge is 2.08. The fourth-order valence-electron chi connectivity index (χ4n) is 1.98. The first-order valence-electron chi connectivity index (χ1n) is 7.03. The number of nitrogens with zero attached hydrogens (tertiary/aromatic N) is 2. The molecule has 3 rings (SSSR count). The first-order chi connectivity index (χ1) is 11.6. The van der Waals surface area contributed by atoms with Crippen LogP contribution in [-0.2, 0) is 0 Å². The Morgan fingerprint density at radius 3 is 2.92 bits per heavy atom. The predicted molar refractivity (Wildman–Crippen MR) is 108 cm³/mol. The maximum Gasteiger partial charge on any atom is 0.189 e. The van der Waals surface area contributed by atoms with Crippen LogP contribution in [0.1, 0.15) is 10.4 Å². The molecular formula is C16H15ClN4S3. The normalized spacial score (nSPS) is 11.7. The smallest absolute Gasteiger partial charge is 0.189 e. The van der Waals surface area contributed by atoms with E-state index in [-0.39, 0.29) is 0 Å². The van der Waals surface area contributed by atoms with Gasteiger partial charge < -0.3 is 11.1 Å². The van der Waals surface area contributed by atoms with Crippen LogP contribution in [0.5, 0.6) is 0 Å². The molecule has 8 heteroatoms. The molecule has 0 amide bonds. The second-order valence-corrected chi connectivity index (χ2v) is 8.32. The van der Waals surface area contributed by atoms with Gasteiger partial charge in [-0.15, -0.1) is 34.4 Å². The lowest BCUT2D eigenvalue weighted by molar-refractivity contribution is 1.31. The number of aliphatic imine (C=N–C) groups is 1. The summed E-state index contributed by atoms with van der Waals surface area (Å²) in [6.45, 7) is 1.97. The van der Waals surface area contributed by atoms with Crippen molar-refractivity contribution in [2.75, 3.05) is 11.6 Å². The Balaban J connectivity index is 1.77. The predicted octanol–water partition coefficient (Wildman–Crippen LogP) is 5.67. The van der Waals surface area contributed by atoms with Crippen molar-refractivity contribution in [1.82, 2.24) is 4.98 Å². The molecule has 1 aromatic carbocycles. The van der Waals surface area contributed by atoms with Gasteiger partial charge in [-0.3, -0.25) is 0 Å². The van der Waals surface area contributed by atoms with Gasteiger partial charge in [0, 0.05) is 16.1 Å². The van der Waals surface area contributed by atoms with E-state index < -0.39 is 0 Å². The molecule has 0 atom stereocenters. The van der Waals surface area contributed by atoms with E-state index >= 15 is 0 Å². The fraction of sp³-hybridized carbons (Fsp3) is 0.125. The lowest BCUT2D eigenvalue weighted by atomic mass is 10.2. The van der Waals surface area contributed by atoms with E-state index in [1.807, 2.05) is 48.9 Å². The summed E-state index contributed by atoms with van der Waals surface area (Å²) < 4.78 is 1.21. The van der Waals surface area contributed by atoms with Crippen LogP contribution in [0.2, 0.25) is 5.02 Å². The van der Waals surface area contributed by atoms with E-state index in [2.05, 4.69) is 15.3 Å². The van der Waals surface area contributed by atoms with Crippen molar-refractivity contribution in [3.8, 4) is 0 Å². The lowest BCUT2D eigenvalue weighted by Crippen LogP contribution is -2.10. The van der Waals surface area contributed by atoms with Crippen LogP contribution in [0.25, 0.3) is 0 Å². The minimum atomic E-state index is 0.482. The Labute approximate surface area is 157 Å². The summed E-state index contributed by atoms with van der Waals surface area (Å²) in [7, 11) is 0. The molecule has 0 saturated heterocycles. The summed E-state index contributed by atoms with van der Waals surface area (Å²) in [5, 5.41) is 6.62. The minimum absolute atomic E-state index is 0.482. The van der Waals surface area contributed by atoms with Gasteiger partial charge in [0.15, 0.2) is 10.9 Å². The minimum Gasteiger partial charge on any atom is -0.382 e. The molecule has 2 aromatic heterocycles. The molecule has 0 radical (unpaired) electrons. The third kappa shape index (κ3) is 3.92. The Bertz CT molecular complexity index is 885. The van der Waals surface area contributed by atoms with Crippen LogP contribution in [0.15, 0.2) is 44.9 Å². The van der Waals surface area contributed by atoms with Gasteiger partial charge in [-0.1, -0.05) is 17.7 Å². The molecule has 24 heavy (non-hydrogen) atoms. The summed E-state index contributed by atoms with van der Waals surface area (Å²) in [5.74, 6) is 1.08. The number of halogens is 1. The first-order valence-corrected chi connectivity index (χ1v) is 10.3. The van der Waals surface area contributed by atoms with Crippen molar-refractivity contribution in [3.05, 3.63) is 51.2 Å². The van der Waals surface area contributed by atoms with Gasteiger partial charge in [0.2, 0.25) is 0 Å². The van der Waals surface area contributed by atoms with Crippen LogP contribution >= 0.6 is 46.0 Å². The van der Waals surface area contributed by atoms with E-state index in [4.69, 9.17) is 17.3 Å². The van der Waals surface area contributed by atoms with Crippen molar-refractivity contribution in [1.29, 1.82) is 0 Å². The van der Waals surface area contributed by atoms with Gasteiger partial charge in [-0.05, 0) is 43.0 Å². The highest BCUT2D eigenvalue weighted by atomic mass is 35.5. The molecule has 3 N–H and O–H groups in total. The van der Waals surface area contributed by atoms with Crippen molar-refractivity contribution in [2.24, 2.45) is 10.7 Å². The number of thiophene rings is 1. The van der Waals surface area contributed by atoms with E-state index in [1.165, 1.54) is 15.5 Å². The van der Waals surface area contributed by atoms with E-state index in [9.17, 15) is 0 Å². The van der Waals surface area contributed by atoms with Crippen LogP contribution in [0, 0.1) is 6.92 Å². The number of amidine groups is 1. The number of nitrogens with two attached hydrogens (primary N) is 1. The second kappa shape index (κ2) is 7.57. The van der Waals surface area contributed by atoms with E-state index in [1.54, 1.807) is 23.1 Å². The zero-order valence-corrected chi connectivity index (χ0v) is 16.2. The van der Waals surface area contributed by atoms with Crippen LogP contribution in [0.4, 0.5) is 16.6 Å². The van der Waals surface area contributed by atoms with Crippen molar-refractivity contribution >= 4 is 68.5 Å². The number of thioether (sulfide) groups is 1. The zero-order valence-electron chi connectivity index (χ0n) is 13.0. The number of rotatable bonds is 5. The van der Waals surface area contributed by atoms with Gasteiger partial charge in [-0.2, -0.15) is 0 Å². The quantitative estimate of drug-likeness (QED) is 0.332. The molecule has 124 valence electrons. The Morgan fingerprint density at radius 2 is 2.17 bits per heavy atom. The fourth-order valence-corrected chi connectivity index (χ4v) is 4.24. The highest BCUT2D eigenvalue weighted by Crippen LogP contribution is 2.30. The maximum absolute atomic E-state index is 6.14.